The average Bonchev–Trinajstić information content (AvgIpc) is 2.03. The van der Waals surface area contributed by atoms with Crippen LogP contribution in [0.5, 0.6) is 0 Å². The van der Waals surface area contributed by atoms with Crippen molar-refractivity contribution in [3.63, 3.8) is 0 Å². The van der Waals surface area contributed by atoms with Crippen LogP contribution in [0.4, 0.5) is 4.79 Å². The SMILES string of the molecule is CCNC(=O)N(C)C(C)(C)CO. The van der Waals surface area contributed by atoms with E-state index in [2.05, 4.69) is 5.32 Å². The van der Waals surface area contributed by atoms with Crippen molar-refractivity contribution >= 4 is 6.03 Å². The molecule has 0 bridgehead atoms. The van der Waals surface area contributed by atoms with Gasteiger partial charge in [0.2, 0.25) is 0 Å². The van der Waals surface area contributed by atoms with Gasteiger partial charge < -0.3 is 15.3 Å². The van der Waals surface area contributed by atoms with Crippen LogP contribution in [0.25, 0.3) is 0 Å². The molecule has 0 saturated carbocycles. The summed E-state index contributed by atoms with van der Waals surface area (Å²) in [7, 11) is 1.67. The molecule has 2 amide bonds. The van der Waals surface area contributed by atoms with Crippen molar-refractivity contribution in [2.24, 2.45) is 0 Å². The third kappa shape index (κ3) is 2.70. The molecule has 0 aliphatic heterocycles. The largest absolute Gasteiger partial charge is 0.394 e. The predicted octanol–water partition coefficient (Wildman–Crippen LogP) is 0.419. The molecule has 12 heavy (non-hydrogen) atoms. The lowest BCUT2D eigenvalue weighted by molar-refractivity contribution is 0.0978. The molecule has 0 aromatic heterocycles. The molecule has 0 spiro atoms. The zero-order valence-corrected chi connectivity index (χ0v) is 8.22. The Morgan fingerprint density at radius 1 is 1.58 bits per heavy atom. The molecular weight excluding hydrogens is 156 g/mol. The van der Waals surface area contributed by atoms with E-state index in [9.17, 15) is 4.79 Å². The summed E-state index contributed by atoms with van der Waals surface area (Å²) >= 11 is 0. The van der Waals surface area contributed by atoms with Gasteiger partial charge in [-0.05, 0) is 20.8 Å². The maximum Gasteiger partial charge on any atom is 0.317 e. The van der Waals surface area contributed by atoms with Crippen molar-refractivity contribution < 1.29 is 9.90 Å². The van der Waals surface area contributed by atoms with Crippen LogP contribution in [-0.4, -0.2) is 41.8 Å². The lowest BCUT2D eigenvalue weighted by Gasteiger charge is -2.33. The van der Waals surface area contributed by atoms with Crippen molar-refractivity contribution in [2.75, 3.05) is 20.2 Å². The molecule has 0 heterocycles. The van der Waals surface area contributed by atoms with Gasteiger partial charge in [-0.3, -0.25) is 0 Å². The molecule has 72 valence electrons. The number of nitrogens with zero attached hydrogens (tertiary/aromatic N) is 1. The minimum absolute atomic E-state index is 0.0410. The Morgan fingerprint density at radius 3 is 2.42 bits per heavy atom. The molecule has 0 radical (unpaired) electrons. The monoisotopic (exact) mass is 174 g/mol. The summed E-state index contributed by atoms with van der Waals surface area (Å²) in [5.74, 6) is 0. The molecule has 0 saturated heterocycles. The number of amides is 2. The maximum atomic E-state index is 11.3. The number of aliphatic hydroxyl groups is 1. The number of hydrogen-bond donors (Lipinski definition) is 2. The Morgan fingerprint density at radius 2 is 2.08 bits per heavy atom. The van der Waals surface area contributed by atoms with Crippen LogP contribution >= 0.6 is 0 Å². The summed E-state index contributed by atoms with van der Waals surface area (Å²) in [5, 5.41) is 11.6. The van der Waals surface area contributed by atoms with Gasteiger partial charge in [-0.15, -0.1) is 0 Å². The van der Waals surface area contributed by atoms with E-state index >= 15 is 0 Å². The first-order valence-electron chi connectivity index (χ1n) is 4.08. The van der Waals surface area contributed by atoms with E-state index in [4.69, 9.17) is 5.11 Å². The van der Waals surface area contributed by atoms with E-state index in [1.54, 1.807) is 7.05 Å². The topological polar surface area (TPSA) is 52.6 Å². The summed E-state index contributed by atoms with van der Waals surface area (Å²) in [5.41, 5.74) is -0.501. The highest BCUT2D eigenvalue weighted by Crippen LogP contribution is 2.10. The van der Waals surface area contributed by atoms with Gasteiger partial charge in [-0.1, -0.05) is 0 Å². The molecule has 0 atom stereocenters. The van der Waals surface area contributed by atoms with Crippen LogP contribution in [0.1, 0.15) is 20.8 Å². The van der Waals surface area contributed by atoms with Gasteiger partial charge in [0.1, 0.15) is 0 Å². The zero-order chi connectivity index (χ0) is 9.78. The molecule has 2 N–H and O–H groups in total. The Hall–Kier alpha value is -0.770. The molecule has 0 rings (SSSR count). The highest BCUT2D eigenvalue weighted by atomic mass is 16.3. The summed E-state index contributed by atoms with van der Waals surface area (Å²) < 4.78 is 0. The Kier molecular flexibility index (Phi) is 4.03. The minimum atomic E-state index is -0.501. The molecule has 4 nitrogen and oxygen atoms in total. The molecule has 0 unspecified atom stereocenters. The molecular formula is C8H18N2O2. The molecule has 0 aliphatic carbocycles. The van der Waals surface area contributed by atoms with Gasteiger partial charge in [-0.25, -0.2) is 4.79 Å². The first-order valence-corrected chi connectivity index (χ1v) is 4.08. The van der Waals surface area contributed by atoms with Crippen LogP contribution in [-0.2, 0) is 0 Å². The van der Waals surface area contributed by atoms with Gasteiger partial charge >= 0.3 is 6.03 Å². The normalized spacial score (nSPS) is 11.1. The quantitative estimate of drug-likeness (QED) is 0.651. The fraction of sp³-hybridized carbons (Fsp3) is 0.875. The Balaban J connectivity index is 4.17. The van der Waals surface area contributed by atoms with Gasteiger partial charge in [0, 0.05) is 13.6 Å². The number of aliphatic hydroxyl groups excluding tert-OH is 1. The van der Waals surface area contributed by atoms with E-state index < -0.39 is 5.54 Å². The highest BCUT2D eigenvalue weighted by molar-refractivity contribution is 5.74. The zero-order valence-electron chi connectivity index (χ0n) is 8.22. The van der Waals surface area contributed by atoms with Gasteiger partial charge in [-0.2, -0.15) is 0 Å². The summed E-state index contributed by atoms with van der Waals surface area (Å²) in [6, 6.07) is -0.156. The maximum absolute atomic E-state index is 11.3. The van der Waals surface area contributed by atoms with Crippen molar-refractivity contribution in [1.29, 1.82) is 0 Å². The number of urea groups is 1. The van der Waals surface area contributed by atoms with Crippen molar-refractivity contribution in [3.05, 3.63) is 0 Å². The van der Waals surface area contributed by atoms with Crippen molar-refractivity contribution in [3.8, 4) is 0 Å². The highest BCUT2D eigenvalue weighted by Gasteiger charge is 2.25. The summed E-state index contributed by atoms with van der Waals surface area (Å²) in [6.45, 7) is 6.04. The van der Waals surface area contributed by atoms with Gasteiger partial charge in [0.25, 0.3) is 0 Å². The van der Waals surface area contributed by atoms with E-state index in [1.807, 2.05) is 20.8 Å². The number of rotatable bonds is 3. The molecule has 4 heteroatoms. The molecule has 0 aromatic rings. The fourth-order valence-corrected chi connectivity index (χ4v) is 0.651. The molecule has 0 aromatic carbocycles. The van der Waals surface area contributed by atoms with E-state index in [0.717, 1.165) is 0 Å². The second-order valence-electron chi connectivity index (χ2n) is 3.37. The van der Waals surface area contributed by atoms with Gasteiger partial charge in [0.15, 0.2) is 0 Å². The summed E-state index contributed by atoms with van der Waals surface area (Å²) in [4.78, 5) is 12.7. The smallest absolute Gasteiger partial charge is 0.317 e. The first kappa shape index (κ1) is 11.2. The minimum Gasteiger partial charge on any atom is -0.394 e. The number of carbonyl (C=O) groups excluding carboxylic acids is 1. The van der Waals surface area contributed by atoms with Crippen LogP contribution < -0.4 is 5.32 Å². The van der Waals surface area contributed by atoms with E-state index in [1.165, 1.54) is 4.90 Å². The van der Waals surface area contributed by atoms with Gasteiger partial charge in [0.05, 0.1) is 12.1 Å². The lowest BCUT2D eigenvalue weighted by Crippen LogP contribution is -2.51. The van der Waals surface area contributed by atoms with Crippen LogP contribution in [0.3, 0.4) is 0 Å². The number of nitrogens with one attached hydrogen (secondary N) is 1. The number of hydrogen-bond acceptors (Lipinski definition) is 2. The van der Waals surface area contributed by atoms with Crippen LogP contribution in [0, 0.1) is 0 Å². The van der Waals surface area contributed by atoms with Crippen LogP contribution in [0.2, 0.25) is 0 Å². The third-order valence-electron chi connectivity index (χ3n) is 1.93. The van der Waals surface area contributed by atoms with Crippen molar-refractivity contribution in [2.45, 2.75) is 26.3 Å². The molecule has 0 aliphatic rings. The first-order chi connectivity index (χ1) is 5.45. The Labute approximate surface area is 73.6 Å². The standard InChI is InChI=1S/C8H18N2O2/c1-5-9-7(12)10(4)8(2,3)6-11/h11H,5-6H2,1-4H3,(H,9,12). The lowest BCUT2D eigenvalue weighted by atomic mass is 10.1. The van der Waals surface area contributed by atoms with E-state index in [0.29, 0.717) is 6.54 Å². The second-order valence-corrected chi connectivity index (χ2v) is 3.37. The van der Waals surface area contributed by atoms with Crippen molar-refractivity contribution in [1.82, 2.24) is 10.2 Å². The predicted molar refractivity (Wildman–Crippen MR) is 48.0 cm³/mol. The van der Waals surface area contributed by atoms with E-state index in [-0.39, 0.29) is 12.6 Å². The number of carbonyl (C=O) groups is 1. The fourth-order valence-electron chi connectivity index (χ4n) is 0.651. The molecule has 0 fully saturated rings. The number of likely N-dealkylation sites (N-methyl/N-ethyl adjacent to an activating group) is 1. The second kappa shape index (κ2) is 4.30. The average molecular weight is 174 g/mol. The Bertz CT molecular complexity index is 157. The third-order valence-corrected chi connectivity index (χ3v) is 1.93. The van der Waals surface area contributed by atoms with Crippen LogP contribution in [0.15, 0.2) is 0 Å². The summed E-state index contributed by atoms with van der Waals surface area (Å²) in [6.07, 6.45) is 0.